The van der Waals surface area contributed by atoms with Crippen LogP contribution in [0.4, 0.5) is 10.8 Å². The first kappa shape index (κ1) is 29.8. The largest absolute Gasteiger partial charge is 0.497 e. The van der Waals surface area contributed by atoms with Crippen LogP contribution in [0.3, 0.4) is 0 Å². The van der Waals surface area contributed by atoms with E-state index in [1.807, 2.05) is 65.4 Å². The van der Waals surface area contributed by atoms with Gasteiger partial charge in [0.1, 0.15) is 11.4 Å². The van der Waals surface area contributed by atoms with E-state index in [0.29, 0.717) is 16.4 Å². The van der Waals surface area contributed by atoms with Crippen molar-refractivity contribution in [3.63, 3.8) is 0 Å². The molecule has 0 radical (unpaired) electrons. The third-order valence-electron chi connectivity index (χ3n) is 5.96. The number of thiophene rings is 1. The van der Waals surface area contributed by atoms with Crippen molar-refractivity contribution < 1.29 is 19.1 Å². The Morgan fingerprint density at radius 2 is 1.72 bits per heavy atom. The predicted octanol–water partition coefficient (Wildman–Crippen LogP) is 7.02. The molecule has 43 heavy (non-hydrogen) atoms. The molecule has 0 fully saturated rings. The number of nitrogens with one attached hydrogen (secondary N) is 3. The van der Waals surface area contributed by atoms with Gasteiger partial charge in [-0.05, 0) is 66.1 Å². The molecule has 0 saturated heterocycles. The van der Waals surface area contributed by atoms with Crippen LogP contribution in [-0.2, 0) is 9.59 Å². The van der Waals surface area contributed by atoms with Crippen molar-refractivity contribution in [3.05, 3.63) is 118 Å². The number of hydrogen-bond donors (Lipinski definition) is 3. The summed E-state index contributed by atoms with van der Waals surface area (Å²) in [6.07, 6.45) is 1.64. The van der Waals surface area contributed by atoms with Gasteiger partial charge in [0, 0.05) is 32.0 Å². The Hall–Kier alpha value is -4.71. The zero-order valence-electron chi connectivity index (χ0n) is 22.9. The Kier molecular flexibility index (Phi) is 10.0. The van der Waals surface area contributed by atoms with Crippen LogP contribution in [0.15, 0.2) is 112 Å². The molecule has 0 aliphatic heterocycles. The number of rotatable bonds is 11. The highest BCUT2D eigenvalue weighted by Gasteiger charge is 2.16. The molecule has 3 N–H and O–H groups in total. The molecule has 0 aliphatic rings. The van der Waals surface area contributed by atoms with Crippen LogP contribution in [0.25, 0.3) is 17.3 Å². The number of carbonyl (C=O) groups is 3. The molecule has 5 rings (SSSR count). The maximum Gasteiger partial charge on any atom is 0.272 e. The predicted molar refractivity (Wildman–Crippen MR) is 175 cm³/mol. The highest BCUT2D eigenvalue weighted by atomic mass is 32.2. The Bertz CT molecular complexity index is 1730. The first-order valence-corrected chi connectivity index (χ1v) is 15.8. The highest BCUT2D eigenvalue weighted by Crippen LogP contribution is 2.28. The van der Waals surface area contributed by atoms with Crippen LogP contribution < -0.4 is 20.7 Å². The summed E-state index contributed by atoms with van der Waals surface area (Å²) < 4.78 is 5.27. The SMILES string of the molecule is COc1cccc(-c2csc(NC(=O)CSc3ccc(NC(=O)/C(=C/c4cccs4)NC(=O)c4ccccc4)cc3)n2)c1. The summed E-state index contributed by atoms with van der Waals surface area (Å²) >= 11 is 4.18. The van der Waals surface area contributed by atoms with Crippen LogP contribution >= 0.6 is 34.4 Å². The van der Waals surface area contributed by atoms with Crippen molar-refractivity contribution in [1.29, 1.82) is 0 Å². The van der Waals surface area contributed by atoms with E-state index in [1.54, 1.807) is 49.6 Å². The molecule has 11 heteroatoms. The number of nitrogens with zero attached hydrogens (tertiary/aromatic N) is 1. The second-order valence-electron chi connectivity index (χ2n) is 8.98. The lowest BCUT2D eigenvalue weighted by molar-refractivity contribution is -0.114. The Labute approximate surface area is 260 Å². The molecule has 8 nitrogen and oxygen atoms in total. The van der Waals surface area contributed by atoms with Crippen molar-refractivity contribution >= 4 is 69.1 Å². The summed E-state index contributed by atoms with van der Waals surface area (Å²) in [7, 11) is 1.61. The first-order valence-electron chi connectivity index (χ1n) is 13.0. The zero-order valence-corrected chi connectivity index (χ0v) is 25.4. The molecule has 3 amide bonds. The fourth-order valence-corrected chi connectivity index (χ4v) is 5.93. The molecular weight excluding hydrogens is 601 g/mol. The summed E-state index contributed by atoms with van der Waals surface area (Å²) in [5.41, 5.74) is 2.80. The summed E-state index contributed by atoms with van der Waals surface area (Å²) in [6.45, 7) is 0. The van der Waals surface area contributed by atoms with Crippen molar-refractivity contribution in [2.24, 2.45) is 0 Å². The van der Waals surface area contributed by atoms with E-state index < -0.39 is 5.91 Å². The topological polar surface area (TPSA) is 109 Å². The average Bonchev–Trinajstić information content (AvgIpc) is 3.73. The quantitative estimate of drug-likeness (QED) is 0.107. The van der Waals surface area contributed by atoms with Crippen LogP contribution in [0.1, 0.15) is 15.2 Å². The number of methoxy groups -OCH3 is 1. The minimum atomic E-state index is -0.450. The van der Waals surface area contributed by atoms with Crippen LogP contribution in [-0.4, -0.2) is 35.6 Å². The Morgan fingerprint density at radius 3 is 2.47 bits per heavy atom. The molecule has 216 valence electrons. The van der Waals surface area contributed by atoms with E-state index in [2.05, 4.69) is 20.9 Å². The lowest BCUT2D eigenvalue weighted by atomic mass is 10.2. The molecule has 5 aromatic rings. The molecule has 0 bridgehead atoms. The van der Waals surface area contributed by atoms with Gasteiger partial charge >= 0.3 is 0 Å². The fraction of sp³-hybridized carbons (Fsp3) is 0.0625. The molecule has 2 aromatic heterocycles. The van der Waals surface area contributed by atoms with E-state index in [0.717, 1.165) is 26.8 Å². The monoisotopic (exact) mass is 626 g/mol. The number of thiazole rings is 1. The van der Waals surface area contributed by atoms with E-state index in [9.17, 15) is 14.4 Å². The molecular formula is C32H26N4O4S3. The average molecular weight is 627 g/mol. The number of aromatic nitrogens is 1. The number of benzene rings is 3. The highest BCUT2D eigenvalue weighted by molar-refractivity contribution is 8.00. The molecule has 0 atom stereocenters. The maximum absolute atomic E-state index is 13.1. The maximum atomic E-state index is 13.1. The van der Waals surface area contributed by atoms with E-state index in [4.69, 9.17) is 4.74 Å². The molecule has 0 unspecified atom stereocenters. The molecule has 2 heterocycles. The van der Waals surface area contributed by atoms with Gasteiger partial charge < -0.3 is 20.7 Å². The molecule has 0 saturated carbocycles. The standard InChI is InChI=1S/C32H26N4O4S3/c1-40-24-10-5-9-22(17-24)28-19-43-32(35-28)36-29(37)20-42-25-14-12-23(13-15-25)33-31(39)27(18-26-11-6-16-41-26)34-30(38)21-7-3-2-4-8-21/h2-19H,20H2,1H3,(H,33,39)(H,34,38)(H,35,36,37)/b27-18-. The van der Waals surface area contributed by atoms with Gasteiger partial charge in [0.2, 0.25) is 5.91 Å². The second-order valence-corrected chi connectivity index (χ2v) is 11.9. The zero-order chi connectivity index (χ0) is 30.0. The normalized spacial score (nSPS) is 11.0. The van der Waals surface area contributed by atoms with Crippen molar-refractivity contribution in [2.45, 2.75) is 4.90 Å². The van der Waals surface area contributed by atoms with Gasteiger partial charge in [0.25, 0.3) is 11.8 Å². The summed E-state index contributed by atoms with van der Waals surface area (Å²) in [5.74, 6) is -0.0689. The summed E-state index contributed by atoms with van der Waals surface area (Å²) in [6, 6.07) is 27.2. The van der Waals surface area contributed by atoms with Gasteiger partial charge in [-0.1, -0.05) is 36.4 Å². The van der Waals surface area contributed by atoms with Crippen LogP contribution in [0, 0.1) is 0 Å². The first-order chi connectivity index (χ1) is 21.0. The van der Waals surface area contributed by atoms with Gasteiger partial charge in [0.15, 0.2) is 5.13 Å². The minimum Gasteiger partial charge on any atom is -0.497 e. The fourth-order valence-electron chi connectivity index (χ4n) is 3.84. The van der Waals surface area contributed by atoms with Gasteiger partial charge in [-0.3, -0.25) is 14.4 Å². The lowest BCUT2D eigenvalue weighted by Gasteiger charge is -2.11. The number of thioether (sulfide) groups is 1. The number of anilines is 2. The summed E-state index contributed by atoms with van der Waals surface area (Å²) in [4.78, 5) is 44.7. The van der Waals surface area contributed by atoms with Crippen LogP contribution in [0.5, 0.6) is 5.75 Å². The van der Waals surface area contributed by atoms with Gasteiger partial charge in [-0.15, -0.1) is 34.4 Å². The van der Waals surface area contributed by atoms with Gasteiger partial charge in [-0.25, -0.2) is 4.98 Å². The third-order valence-corrected chi connectivity index (χ3v) is 8.55. The third kappa shape index (κ3) is 8.41. The van der Waals surface area contributed by atoms with Crippen molar-refractivity contribution in [2.75, 3.05) is 23.5 Å². The van der Waals surface area contributed by atoms with Crippen molar-refractivity contribution in [1.82, 2.24) is 10.3 Å². The molecule has 3 aromatic carbocycles. The van der Waals surface area contributed by atoms with E-state index >= 15 is 0 Å². The van der Waals surface area contributed by atoms with E-state index in [-0.39, 0.29) is 23.3 Å². The van der Waals surface area contributed by atoms with E-state index in [1.165, 1.54) is 34.4 Å². The van der Waals surface area contributed by atoms with Gasteiger partial charge in [0.05, 0.1) is 18.6 Å². The Balaban J connectivity index is 1.15. The number of hydrogen-bond acceptors (Lipinski definition) is 8. The smallest absolute Gasteiger partial charge is 0.272 e. The number of amides is 3. The summed E-state index contributed by atoms with van der Waals surface area (Å²) in [5, 5.41) is 12.7. The Morgan fingerprint density at radius 1 is 0.907 bits per heavy atom. The van der Waals surface area contributed by atoms with Crippen molar-refractivity contribution in [3.8, 4) is 17.0 Å². The molecule has 0 spiro atoms. The second kappa shape index (κ2) is 14.5. The molecule has 0 aliphatic carbocycles. The number of ether oxygens (including phenoxy) is 1. The van der Waals surface area contributed by atoms with Crippen LogP contribution in [0.2, 0.25) is 0 Å². The van der Waals surface area contributed by atoms with Gasteiger partial charge in [-0.2, -0.15) is 0 Å². The number of carbonyl (C=O) groups excluding carboxylic acids is 3. The minimum absolute atomic E-state index is 0.128. The lowest BCUT2D eigenvalue weighted by Crippen LogP contribution is -2.30.